The van der Waals surface area contributed by atoms with Crippen molar-refractivity contribution in [3.05, 3.63) is 78.4 Å². The Kier molecular flexibility index (Phi) is 7.05. The van der Waals surface area contributed by atoms with Crippen LogP contribution in [-0.2, 0) is 9.59 Å². The molecule has 0 saturated heterocycles. The van der Waals surface area contributed by atoms with Gasteiger partial charge in [-0.05, 0) is 61.0 Å². The number of hydrogen-bond acceptors (Lipinski definition) is 4. The molecule has 0 aliphatic heterocycles. The molecule has 0 radical (unpaired) electrons. The highest BCUT2D eigenvalue weighted by Gasteiger charge is 2.08. The molecule has 30 heavy (non-hydrogen) atoms. The Labute approximate surface area is 176 Å². The lowest BCUT2D eigenvalue weighted by molar-refractivity contribution is -0.116. The summed E-state index contributed by atoms with van der Waals surface area (Å²) in [5, 5.41) is 8.83. The van der Waals surface area contributed by atoms with E-state index in [2.05, 4.69) is 16.0 Å². The number of amides is 2. The van der Waals surface area contributed by atoms with Gasteiger partial charge < -0.3 is 20.7 Å². The lowest BCUT2D eigenvalue weighted by Gasteiger charge is -2.14. The summed E-state index contributed by atoms with van der Waals surface area (Å²) in [6.07, 6.45) is 0.411. The Morgan fingerprint density at radius 1 is 0.767 bits per heavy atom. The average molecular weight is 403 g/mol. The van der Waals surface area contributed by atoms with Gasteiger partial charge in [0.25, 0.3) is 0 Å². The summed E-state index contributed by atoms with van der Waals surface area (Å²) < 4.78 is 5.75. The molecular formula is C24H25N3O3. The number of nitrogens with one attached hydrogen (secondary N) is 3. The van der Waals surface area contributed by atoms with Gasteiger partial charge in [-0.3, -0.25) is 9.59 Å². The first-order chi connectivity index (χ1) is 14.5. The largest absolute Gasteiger partial charge is 0.457 e. The van der Waals surface area contributed by atoms with Gasteiger partial charge in [0.15, 0.2) is 0 Å². The van der Waals surface area contributed by atoms with Crippen LogP contribution in [0.2, 0.25) is 0 Å². The number of carbonyl (C=O) groups is 2. The fourth-order valence-electron chi connectivity index (χ4n) is 2.81. The lowest BCUT2D eigenvalue weighted by Crippen LogP contribution is -2.22. The van der Waals surface area contributed by atoms with E-state index in [0.29, 0.717) is 17.9 Å². The van der Waals surface area contributed by atoms with E-state index < -0.39 is 0 Å². The Bertz CT molecular complexity index is 1000. The van der Waals surface area contributed by atoms with E-state index >= 15 is 0 Å². The minimum absolute atomic E-state index is 0.0484. The SMILES string of the molecule is CCC(=O)Nc1cccc(NCC(=O)Nc2ccc(Oc3ccccc3)cc2)c1C. The second kappa shape index (κ2) is 10.1. The highest BCUT2D eigenvalue weighted by Crippen LogP contribution is 2.24. The zero-order valence-corrected chi connectivity index (χ0v) is 17.1. The van der Waals surface area contributed by atoms with Crippen molar-refractivity contribution in [2.45, 2.75) is 20.3 Å². The molecule has 2 amide bonds. The van der Waals surface area contributed by atoms with Gasteiger partial charge in [0.2, 0.25) is 11.8 Å². The summed E-state index contributed by atoms with van der Waals surface area (Å²) in [5.41, 5.74) is 3.10. The second-order valence-electron chi connectivity index (χ2n) is 6.72. The van der Waals surface area contributed by atoms with Gasteiger partial charge in [-0.2, -0.15) is 0 Å². The predicted molar refractivity (Wildman–Crippen MR) is 120 cm³/mol. The van der Waals surface area contributed by atoms with Crippen molar-refractivity contribution in [2.75, 3.05) is 22.5 Å². The van der Waals surface area contributed by atoms with Gasteiger partial charge in [-0.1, -0.05) is 31.2 Å². The Morgan fingerprint density at radius 2 is 1.43 bits per heavy atom. The standard InChI is InChI=1S/C24H25N3O3/c1-3-23(28)27-22-11-7-10-21(17(22)2)25-16-24(29)26-18-12-14-20(15-13-18)30-19-8-5-4-6-9-19/h4-15,25H,3,16H2,1-2H3,(H,26,29)(H,27,28). The summed E-state index contributed by atoms with van der Waals surface area (Å²) >= 11 is 0. The van der Waals surface area contributed by atoms with Crippen LogP contribution in [0, 0.1) is 6.92 Å². The second-order valence-corrected chi connectivity index (χ2v) is 6.72. The lowest BCUT2D eigenvalue weighted by atomic mass is 10.1. The summed E-state index contributed by atoms with van der Waals surface area (Å²) in [4.78, 5) is 23.9. The molecule has 6 heteroatoms. The number of para-hydroxylation sites is 1. The zero-order chi connectivity index (χ0) is 21.3. The molecule has 3 aromatic rings. The van der Waals surface area contributed by atoms with Crippen molar-refractivity contribution >= 4 is 28.9 Å². The maximum atomic E-state index is 12.3. The van der Waals surface area contributed by atoms with Crippen molar-refractivity contribution in [2.24, 2.45) is 0 Å². The molecule has 0 spiro atoms. The molecular weight excluding hydrogens is 378 g/mol. The molecule has 0 aliphatic carbocycles. The quantitative estimate of drug-likeness (QED) is 0.484. The molecule has 3 N–H and O–H groups in total. The third kappa shape index (κ3) is 5.85. The van der Waals surface area contributed by atoms with Gasteiger partial charge >= 0.3 is 0 Å². The third-order valence-corrected chi connectivity index (χ3v) is 4.49. The summed E-state index contributed by atoms with van der Waals surface area (Å²) in [7, 11) is 0. The van der Waals surface area contributed by atoms with Crippen molar-refractivity contribution in [3.8, 4) is 11.5 Å². The first kappa shape index (κ1) is 20.9. The molecule has 0 saturated carbocycles. The molecule has 0 atom stereocenters. The number of carbonyl (C=O) groups excluding carboxylic acids is 2. The minimum Gasteiger partial charge on any atom is -0.457 e. The van der Waals surface area contributed by atoms with Crippen LogP contribution in [-0.4, -0.2) is 18.4 Å². The Morgan fingerprint density at radius 3 is 2.13 bits per heavy atom. The molecule has 6 nitrogen and oxygen atoms in total. The van der Waals surface area contributed by atoms with Crippen molar-refractivity contribution in [3.63, 3.8) is 0 Å². The van der Waals surface area contributed by atoms with Gasteiger partial charge in [0, 0.05) is 23.5 Å². The maximum absolute atomic E-state index is 12.3. The highest BCUT2D eigenvalue weighted by molar-refractivity contribution is 5.95. The Hall–Kier alpha value is -3.80. The van der Waals surface area contributed by atoms with Crippen LogP contribution in [0.3, 0.4) is 0 Å². The minimum atomic E-state index is -0.172. The fourth-order valence-corrected chi connectivity index (χ4v) is 2.81. The number of anilines is 3. The molecule has 3 aromatic carbocycles. The number of hydrogen-bond donors (Lipinski definition) is 3. The smallest absolute Gasteiger partial charge is 0.243 e. The van der Waals surface area contributed by atoms with Crippen LogP contribution in [0.1, 0.15) is 18.9 Å². The maximum Gasteiger partial charge on any atom is 0.243 e. The van der Waals surface area contributed by atoms with Crippen LogP contribution in [0.15, 0.2) is 72.8 Å². The highest BCUT2D eigenvalue weighted by atomic mass is 16.5. The van der Waals surface area contributed by atoms with Crippen LogP contribution in [0.5, 0.6) is 11.5 Å². The van der Waals surface area contributed by atoms with E-state index in [-0.39, 0.29) is 18.4 Å². The molecule has 0 aromatic heterocycles. The van der Waals surface area contributed by atoms with Crippen molar-refractivity contribution < 1.29 is 14.3 Å². The summed E-state index contributed by atoms with van der Waals surface area (Å²) in [6.45, 7) is 3.81. The average Bonchev–Trinajstić information content (AvgIpc) is 2.76. The topological polar surface area (TPSA) is 79.5 Å². The normalized spacial score (nSPS) is 10.2. The first-order valence-corrected chi connectivity index (χ1v) is 9.81. The molecule has 0 fully saturated rings. The van der Waals surface area contributed by atoms with E-state index in [1.807, 2.05) is 55.5 Å². The monoisotopic (exact) mass is 403 g/mol. The van der Waals surface area contributed by atoms with E-state index in [9.17, 15) is 9.59 Å². The van der Waals surface area contributed by atoms with E-state index in [1.54, 1.807) is 31.2 Å². The van der Waals surface area contributed by atoms with E-state index in [4.69, 9.17) is 4.74 Å². The van der Waals surface area contributed by atoms with Crippen LogP contribution in [0.25, 0.3) is 0 Å². The molecule has 0 heterocycles. The number of ether oxygens (including phenoxy) is 1. The van der Waals surface area contributed by atoms with Gasteiger partial charge in [-0.15, -0.1) is 0 Å². The van der Waals surface area contributed by atoms with Gasteiger partial charge in [0.05, 0.1) is 6.54 Å². The fraction of sp³-hybridized carbons (Fsp3) is 0.167. The van der Waals surface area contributed by atoms with Crippen LogP contribution in [0.4, 0.5) is 17.1 Å². The van der Waals surface area contributed by atoms with E-state index in [0.717, 1.165) is 22.7 Å². The zero-order valence-electron chi connectivity index (χ0n) is 17.1. The first-order valence-electron chi connectivity index (χ1n) is 9.81. The van der Waals surface area contributed by atoms with Crippen LogP contribution < -0.4 is 20.7 Å². The molecule has 0 unspecified atom stereocenters. The summed E-state index contributed by atoms with van der Waals surface area (Å²) in [6, 6.07) is 22.3. The van der Waals surface area contributed by atoms with Gasteiger partial charge in [0.1, 0.15) is 11.5 Å². The van der Waals surface area contributed by atoms with Gasteiger partial charge in [-0.25, -0.2) is 0 Å². The predicted octanol–water partition coefficient (Wildman–Crippen LogP) is 5.19. The molecule has 0 aliphatic rings. The van der Waals surface area contributed by atoms with Crippen molar-refractivity contribution in [1.29, 1.82) is 0 Å². The summed E-state index contributed by atoms with van der Waals surface area (Å²) in [5.74, 6) is 1.23. The molecule has 154 valence electrons. The number of benzene rings is 3. The Balaban J connectivity index is 1.53. The van der Waals surface area contributed by atoms with Crippen molar-refractivity contribution in [1.82, 2.24) is 0 Å². The van der Waals surface area contributed by atoms with Crippen LogP contribution >= 0.6 is 0 Å². The van der Waals surface area contributed by atoms with E-state index in [1.165, 1.54) is 0 Å². The molecule has 3 rings (SSSR count). The third-order valence-electron chi connectivity index (χ3n) is 4.49. The number of rotatable bonds is 8. The molecule has 0 bridgehead atoms.